The molecule has 2 heterocycles. The van der Waals surface area contributed by atoms with Crippen molar-refractivity contribution >= 4 is 10.0 Å². The molecular weight excluding hydrogens is 356 g/mol. The largest absolute Gasteiger partial charge is 0.497 e. The van der Waals surface area contributed by atoms with E-state index in [1.165, 1.54) is 20.3 Å². The third kappa shape index (κ3) is 4.14. The summed E-state index contributed by atoms with van der Waals surface area (Å²) in [5.41, 5.74) is 1.10. The SMILES string of the molecule is COc1ccc(OC)c(S(=O)(=O)N[C@H]2COC[C@H]2Cc2ccncc2)c1. The van der Waals surface area contributed by atoms with Crippen molar-refractivity contribution in [1.29, 1.82) is 0 Å². The van der Waals surface area contributed by atoms with Gasteiger partial charge in [-0.05, 0) is 36.2 Å². The molecule has 0 bridgehead atoms. The van der Waals surface area contributed by atoms with Gasteiger partial charge in [0.15, 0.2) is 0 Å². The van der Waals surface area contributed by atoms with Gasteiger partial charge in [-0.15, -0.1) is 0 Å². The molecule has 1 aromatic heterocycles. The van der Waals surface area contributed by atoms with E-state index in [0.29, 0.717) is 25.4 Å². The Morgan fingerprint density at radius 2 is 1.92 bits per heavy atom. The summed E-state index contributed by atoms with van der Waals surface area (Å²) in [6.45, 7) is 0.839. The van der Waals surface area contributed by atoms with E-state index in [2.05, 4.69) is 9.71 Å². The van der Waals surface area contributed by atoms with Crippen LogP contribution in [0, 0.1) is 5.92 Å². The average Bonchev–Trinajstić information content (AvgIpc) is 3.08. The maximum absolute atomic E-state index is 12.9. The lowest BCUT2D eigenvalue weighted by Gasteiger charge is -2.20. The van der Waals surface area contributed by atoms with Crippen molar-refractivity contribution in [1.82, 2.24) is 9.71 Å². The van der Waals surface area contributed by atoms with Crippen LogP contribution in [0.1, 0.15) is 5.56 Å². The van der Waals surface area contributed by atoms with Crippen LogP contribution < -0.4 is 14.2 Å². The van der Waals surface area contributed by atoms with Gasteiger partial charge in [-0.25, -0.2) is 13.1 Å². The number of hydrogen-bond acceptors (Lipinski definition) is 6. The minimum atomic E-state index is -3.79. The summed E-state index contributed by atoms with van der Waals surface area (Å²) in [5.74, 6) is 0.758. The standard InChI is InChI=1S/C18H22N2O5S/c1-23-15-3-4-17(24-2)18(10-15)26(21,22)20-16-12-25-11-14(16)9-13-5-7-19-8-6-13/h3-8,10,14,16,20H,9,11-12H2,1-2H3/t14-,16+/m1/s1. The van der Waals surface area contributed by atoms with Gasteiger partial charge in [-0.3, -0.25) is 4.98 Å². The molecule has 7 nitrogen and oxygen atoms in total. The molecule has 3 rings (SSSR count). The molecule has 0 spiro atoms. The summed E-state index contributed by atoms with van der Waals surface area (Å²) in [6.07, 6.45) is 4.17. The Morgan fingerprint density at radius 1 is 1.15 bits per heavy atom. The van der Waals surface area contributed by atoms with Crippen molar-refractivity contribution in [2.45, 2.75) is 17.4 Å². The molecule has 2 aromatic rings. The van der Waals surface area contributed by atoms with E-state index in [0.717, 1.165) is 5.56 Å². The fraction of sp³-hybridized carbons (Fsp3) is 0.389. The molecule has 1 aromatic carbocycles. The van der Waals surface area contributed by atoms with Crippen LogP contribution in [0.3, 0.4) is 0 Å². The van der Waals surface area contributed by atoms with Crippen molar-refractivity contribution in [3.8, 4) is 11.5 Å². The number of rotatable bonds is 7. The van der Waals surface area contributed by atoms with Crippen LogP contribution >= 0.6 is 0 Å². The van der Waals surface area contributed by atoms with Crippen LogP contribution in [0.5, 0.6) is 11.5 Å². The number of nitrogens with zero attached hydrogens (tertiary/aromatic N) is 1. The molecule has 0 saturated carbocycles. The van der Waals surface area contributed by atoms with Crippen molar-refractivity contribution < 1.29 is 22.6 Å². The molecule has 1 aliphatic rings. The number of hydrogen-bond donors (Lipinski definition) is 1. The third-order valence-corrected chi connectivity index (χ3v) is 5.92. The minimum absolute atomic E-state index is 0.0452. The molecule has 1 saturated heterocycles. The maximum atomic E-state index is 12.9. The first kappa shape index (κ1) is 18.6. The van der Waals surface area contributed by atoms with E-state index >= 15 is 0 Å². The summed E-state index contributed by atoms with van der Waals surface area (Å²) >= 11 is 0. The summed E-state index contributed by atoms with van der Waals surface area (Å²) in [7, 11) is -0.868. The fourth-order valence-electron chi connectivity index (χ4n) is 3.01. The Bertz CT molecular complexity index is 842. The van der Waals surface area contributed by atoms with Crippen molar-refractivity contribution in [2.75, 3.05) is 27.4 Å². The quantitative estimate of drug-likeness (QED) is 0.788. The topological polar surface area (TPSA) is 86.8 Å². The number of pyridine rings is 1. The van der Waals surface area contributed by atoms with Crippen LogP contribution in [-0.2, 0) is 21.2 Å². The molecule has 0 amide bonds. The highest BCUT2D eigenvalue weighted by Crippen LogP contribution is 2.29. The van der Waals surface area contributed by atoms with Crippen LogP contribution in [0.25, 0.3) is 0 Å². The molecule has 0 radical (unpaired) electrons. The predicted molar refractivity (Wildman–Crippen MR) is 95.9 cm³/mol. The molecule has 0 aliphatic carbocycles. The number of methoxy groups -OCH3 is 2. The number of ether oxygens (including phenoxy) is 3. The lowest BCUT2D eigenvalue weighted by atomic mass is 9.96. The number of aromatic nitrogens is 1. The molecule has 1 fully saturated rings. The zero-order valence-electron chi connectivity index (χ0n) is 14.7. The van der Waals surface area contributed by atoms with Crippen molar-refractivity contribution in [2.24, 2.45) is 5.92 Å². The Labute approximate surface area is 153 Å². The zero-order chi connectivity index (χ0) is 18.6. The third-order valence-electron chi connectivity index (χ3n) is 4.41. The van der Waals surface area contributed by atoms with E-state index in [-0.39, 0.29) is 22.6 Å². The van der Waals surface area contributed by atoms with Crippen LogP contribution in [0.4, 0.5) is 0 Å². The highest BCUT2D eigenvalue weighted by Gasteiger charge is 2.33. The number of benzene rings is 1. The first-order chi connectivity index (χ1) is 12.5. The Morgan fingerprint density at radius 3 is 2.62 bits per heavy atom. The summed E-state index contributed by atoms with van der Waals surface area (Å²) in [6, 6.07) is 8.22. The lowest BCUT2D eigenvalue weighted by Crippen LogP contribution is -2.40. The second kappa shape index (κ2) is 8.03. The lowest BCUT2D eigenvalue weighted by molar-refractivity contribution is 0.183. The fourth-order valence-corrected chi connectivity index (χ4v) is 4.48. The Kier molecular flexibility index (Phi) is 5.75. The van der Waals surface area contributed by atoms with E-state index in [1.807, 2.05) is 12.1 Å². The van der Waals surface area contributed by atoms with Crippen molar-refractivity contribution in [3.05, 3.63) is 48.3 Å². The number of nitrogens with one attached hydrogen (secondary N) is 1. The molecule has 1 aliphatic heterocycles. The van der Waals surface area contributed by atoms with E-state index < -0.39 is 10.0 Å². The van der Waals surface area contributed by atoms with Crippen molar-refractivity contribution in [3.63, 3.8) is 0 Å². The van der Waals surface area contributed by atoms with Gasteiger partial charge in [-0.1, -0.05) is 0 Å². The summed E-state index contributed by atoms with van der Waals surface area (Å²) in [4.78, 5) is 4.05. The predicted octanol–water partition coefficient (Wildman–Crippen LogP) is 1.63. The second-order valence-electron chi connectivity index (χ2n) is 6.10. The van der Waals surface area contributed by atoms with Gasteiger partial charge in [-0.2, -0.15) is 0 Å². The molecule has 1 N–H and O–H groups in total. The summed E-state index contributed by atoms with van der Waals surface area (Å²) < 4.78 is 44.5. The first-order valence-electron chi connectivity index (χ1n) is 8.24. The van der Waals surface area contributed by atoms with Gasteiger partial charge in [0.25, 0.3) is 0 Å². The molecular formula is C18H22N2O5S. The summed E-state index contributed by atoms with van der Waals surface area (Å²) in [5, 5.41) is 0. The monoisotopic (exact) mass is 378 g/mol. The Balaban J connectivity index is 1.80. The Hall–Kier alpha value is -2.16. The van der Waals surface area contributed by atoms with Gasteiger partial charge in [0, 0.05) is 24.4 Å². The molecule has 0 unspecified atom stereocenters. The van der Waals surface area contributed by atoms with Gasteiger partial charge in [0.1, 0.15) is 16.4 Å². The first-order valence-corrected chi connectivity index (χ1v) is 9.73. The molecule has 26 heavy (non-hydrogen) atoms. The normalized spacial score (nSPS) is 20.1. The maximum Gasteiger partial charge on any atom is 0.244 e. The highest BCUT2D eigenvalue weighted by molar-refractivity contribution is 7.89. The van der Waals surface area contributed by atoms with Crippen LogP contribution in [0.2, 0.25) is 0 Å². The molecule has 8 heteroatoms. The van der Waals surface area contributed by atoms with Gasteiger partial charge >= 0.3 is 0 Å². The van der Waals surface area contributed by atoms with Gasteiger partial charge < -0.3 is 14.2 Å². The number of sulfonamides is 1. The highest BCUT2D eigenvalue weighted by atomic mass is 32.2. The molecule has 2 atom stereocenters. The van der Waals surface area contributed by atoms with Gasteiger partial charge in [0.05, 0.1) is 33.5 Å². The minimum Gasteiger partial charge on any atom is -0.497 e. The van der Waals surface area contributed by atoms with Gasteiger partial charge in [0.2, 0.25) is 10.0 Å². The van der Waals surface area contributed by atoms with E-state index in [4.69, 9.17) is 14.2 Å². The average molecular weight is 378 g/mol. The van der Waals surface area contributed by atoms with Crippen LogP contribution in [-0.4, -0.2) is 46.9 Å². The van der Waals surface area contributed by atoms with Crippen LogP contribution in [0.15, 0.2) is 47.6 Å². The zero-order valence-corrected chi connectivity index (χ0v) is 15.5. The van der Waals surface area contributed by atoms with E-state index in [1.54, 1.807) is 24.5 Å². The molecule has 140 valence electrons. The smallest absolute Gasteiger partial charge is 0.244 e. The second-order valence-corrected chi connectivity index (χ2v) is 7.78. The van der Waals surface area contributed by atoms with E-state index in [9.17, 15) is 8.42 Å².